The van der Waals surface area contributed by atoms with Gasteiger partial charge in [-0.3, -0.25) is 4.99 Å². The lowest BCUT2D eigenvalue weighted by Crippen LogP contribution is -2.37. The Kier molecular flexibility index (Phi) is 10.2. The average Bonchev–Trinajstić information content (AvgIpc) is 2.35. The Bertz CT molecular complexity index is 352. The number of rotatable bonds is 5. The van der Waals surface area contributed by atoms with Crippen LogP contribution in [0.4, 0.5) is 0 Å². The molecule has 0 unspecified atom stereocenters. The van der Waals surface area contributed by atoms with Crippen LogP contribution >= 0.6 is 35.7 Å². The molecular formula is C13H22IN3S. The van der Waals surface area contributed by atoms with Gasteiger partial charge in [-0.25, -0.2) is 0 Å². The number of nitrogens with zero attached hydrogens (tertiary/aromatic N) is 1. The van der Waals surface area contributed by atoms with Gasteiger partial charge in [0.15, 0.2) is 5.96 Å². The van der Waals surface area contributed by atoms with E-state index >= 15 is 0 Å². The van der Waals surface area contributed by atoms with E-state index in [0.717, 1.165) is 24.8 Å². The molecule has 1 aromatic carbocycles. The number of benzene rings is 1. The Morgan fingerprint density at radius 1 is 1.22 bits per heavy atom. The zero-order valence-corrected chi connectivity index (χ0v) is 14.3. The van der Waals surface area contributed by atoms with Gasteiger partial charge in [-0.15, -0.1) is 24.0 Å². The third-order valence-corrected chi connectivity index (χ3v) is 3.02. The van der Waals surface area contributed by atoms with E-state index in [1.165, 1.54) is 11.1 Å². The molecule has 102 valence electrons. The number of hydrogen-bond donors (Lipinski definition) is 2. The van der Waals surface area contributed by atoms with E-state index < -0.39 is 0 Å². The number of guanidine groups is 1. The van der Waals surface area contributed by atoms with Crippen molar-refractivity contribution in [3.05, 3.63) is 35.4 Å². The zero-order chi connectivity index (χ0) is 12.5. The molecule has 0 aliphatic heterocycles. The van der Waals surface area contributed by atoms with Crippen LogP contribution in [0, 0.1) is 6.92 Å². The van der Waals surface area contributed by atoms with Crippen molar-refractivity contribution in [3.8, 4) is 0 Å². The Labute approximate surface area is 131 Å². The number of thioether (sulfide) groups is 1. The summed E-state index contributed by atoms with van der Waals surface area (Å²) in [6.07, 6.45) is 2.10. The van der Waals surface area contributed by atoms with Crippen molar-refractivity contribution in [2.24, 2.45) is 4.99 Å². The van der Waals surface area contributed by atoms with Crippen LogP contribution in [0.15, 0.2) is 29.3 Å². The highest BCUT2D eigenvalue weighted by Gasteiger charge is 1.97. The van der Waals surface area contributed by atoms with Crippen molar-refractivity contribution < 1.29 is 0 Å². The number of nitrogens with one attached hydrogen (secondary N) is 2. The monoisotopic (exact) mass is 379 g/mol. The lowest BCUT2D eigenvalue weighted by Gasteiger charge is -2.11. The highest BCUT2D eigenvalue weighted by Crippen LogP contribution is 2.02. The molecule has 0 saturated carbocycles. The Hall–Kier alpha value is -0.430. The molecule has 0 amide bonds. The fourth-order valence-electron chi connectivity index (χ4n) is 1.38. The van der Waals surface area contributed by atoms with Gasteiger partial charge in [-0.05, 0) is 18.7 Å². The molecule has 0 bridgehead atoms. The largest absolute Gasteiger partial charge is 0.356 e. The number of aryl methyl sites for hydroxylation is 1. The summed E-state index contributed by atoms with van der Waals surface area (Å²) in [7, 11) is 1.80. The van der Waals surface area contributed by atoms with Crippen LogP contribution in [0.1, 0.15) is 11.1 Å². The Balaban J connectivity index is 0.00000289. The summed E-state index contributed by atoms with van der Waals surface area (Å²) in [6, 6.07) is 8.52. The highest BCUT2D eigenvalue weighted by atomic mass is 127. The van der Waals surface area contributed by atoms with E-state index in [1.54, 1.807) is 7.05 Å². The Morgan fingerprint density at radius 2 is 1.89 bits per heavy atom. The van der Waals surface area contributed by atoms with E-state index in [4.69, 9.17) is 0 Å². The molecule has 0 spiro atoms. The molecule has 3 nitrogen and oxygen atoms in total. The van der Waals surface area contributed by atoms with Crippen molar-refractivity contribution in [1.82, 2.24) is 10.6 Å². The first-order chi connectivity index (χ1) is 8.26. The van der Waals surface area contributed by atoms with E-state index in [1.807, 2.05) is 11.8 Å². The molecule has 0 aliphatic carbocycles. The van der Waals surface area contributed by atoms with Gasteiger partial charge in [0.05, 0.1) is 0 Å². The van der Waals surface area contributed by atoms with Gasteiger partial charge < -0.3 is 10.6 Å². The molecule has 1 aromatic rings. The minimum atomic E-state index is 0. The summed E-state index contributed by atoms with van der Waals surface area (Å²) >= 11 is 1.82. The normalized spacial score (nSPS) is 10.7. The highest BCUT2D eigenvalue weighted by molar-refractivity contribution is 14.0. The van der Waals surface area contributed by atoms with Crippen molar-refractivity contribution in [2.45, 2.75) is 13.5 Å². The fourth-order valence-corrected chi connectivity index (χ4v) is 1.69. The van der Waals surface area contributed by atoms with Gasteiger partial charge in [0.25, 0.3) is 0 Å². The van der Waals surface area contributed by atoms with Crippen LogP contribution < -0.4 is 10.6 Å². The molecule has 0 saturated heterocycles. The molecule has 0 heterocycles. The number of hydrogen-bond acceptors (Lipinski definition) is 2. The maximum absolute atomic E-state index is 4.18. The van der Waals surface area contributed by atoms with Crippen LogP contribution in [0.3, 0.4) is 0 Å². The minimum Gasteiger partial charge on any atom is -0.356 e. The first-order valence-electron chi connectivity index (χ1n) is 5.75. The quantitative estimate of drug-likeness (QED) is 0.358. The smallest absolute Gasteiger partial charge is 0.191 e. The molecule has 2 N–H and O–H groups in total. The molecule has 0 radical (unpaired) electrons. The molecule has 0 aliphatic rings. The summed E-state index contributed by atoms with van der Waals surface area (Å²) in [5, 5.41) is 6.56. The van der Waals surface area contributed by atoms with Gasteiger partial charge in [0.1, 0.15) is 0 Å². The molecular weight excluding hydrogens is 357 g/mol. The van der Waals surface area contributed by atoms with Crippen molar-refractivity contribution in [1.29, 1.82) is 0 Å². The summed E-state index contributed by atoms with van der Waals surface area (Å²) in [5.41, 5.74) is 2.56. The van der Waals surface area contributed by atoms with Crippen LogP contribution in [-0.4, -0.2) is 31.6 Å². The summed E-state index contributed by atoms with van der Waals surface area (Å²) < 4.78 is 0. The van der Waals surface area contributed by atoms with Gasteiger partial charge >= 0.3 is 0 Å². The van der Waals surface area contributed by atoms with E-state index in [0.29, 0.717) is 0 Å². The number of aliphatic imine (C=N–C) groups is 1. The van der Waals surface area contributed by atoms with Gasteiger partial charge in [-0.2, -0.15) is 11.8 Å². The topological polar surface area (TPSA) is 36.4 Å². The van der Waals surface area contributed by atoms with Crippen molar-refractivity contribution in [3.63, 3.8) is 0 Å². The number of halogens is 1. The Morgan fingerprint density at radius 3 is 2.44 bits per heavy atom. The second-order valence-corrected chi connectivity index (χ2v) is 4.82. The fraction of sp³-hybridized carbons (Fsp3) is 0.462. The summed E-state index contributed by atoms with van der Waals surface area (Å²) in [6.45, 7) is 3.84. The lowest BCUT2D eigenvalue weighted by atomic mass is 10.1. The predicted molar refractivity (Wildman–Crippen MR) is 93.2 cm³/mol. The van der Waals surface area contributed by atoms with E-state index in [-0.39, 0.29) is 24.0 Å². The van der Waals surface area contributed by atoms with Gasteiger partial charge in [0.2, 0.25) is 0 Å². The second-order valence-electron chi connectivity index (χ2n) is 3.83. The first kappa shape index (κ1) is 17.6. The van der Waals surface area contributed by atoms with E-state index in [9.17, 15) is 0 Å². The average molecular weight is 379 g/mol. The summed E-state index contributed by atoms with van der Waals surface area (Å²) in [5.74, 6) is 1.95. The maximum Gasteiger partial charge on any atom is 0.191 e. The van der Waals surface area contributed by atoms with Crippen LogP contribution in [0.25, 0.3) is 0 Å². The molecule has 18 heavy (non-hydrogen) atoms. The van der Waals surface area contributed by atoms with Gasteiger partial charge in [0, 0.05) is 25.9 Å². The third kappa shape index (κ3) is 7.10. The molecule has 0 atom stereocenters. The standard InChI is InChI=1S/C13H21N3S.HI/c1-11-4-6-12(7-5-11)10-16-13(14-2)15-8-9-17-3;/h4-7H,8-10H2,1-3H3,(H2,14,15,16);1H. The molecule has 5 heteroatoms. The minimum absolute atomic E-state index is 0. The van der Waals surface area contributed by atoms with Crippen molar-refractivity contribution >= 4 is 41.7 Å². The third-order valence-electron chi connectivity index (χ3n) is 2.40. The van der Waals surface area contributed by atoms with Gasteiger partial charge in [-0.1, -0.05) is 29.8 Å². The molecule has 0 fully saturated rings. The lowest BCUT2D eigenvalue weighted by molar-refractivity contribution is 0.833. The van der Waals surface area contributed by atoms with Crippen LogP contribution in [0.5, 0.6) is 0 Å². The van der Waals surface area contributed by atoms with Crippen LogP contribution in [0.2, 0.25) is 0 Å². The zero-order valence-electron chi connectivity index (χ0n) is 11.2. The van der Waals surface area contributed by atoms with Crippen LogP contribution in [-0.2, 0) is 6.54 Å². The molecule has 1 rings (SSSR count). The van der Waals surface area contributed by atoms with E-state index in [2.05, 4.69) is 53.1 Å². The SMILES string of the molecule is CN=C(NCCSC)NCc1ccc(C)cc1.I. The molecule has 0 aromatic heterocycles. The summed E-state index contributed by atoms with van der Waals surface area (Å²) in [4.78, 5) is 4.18. The maximum atomic E-state index is 4.18. The van der Waals surface area contributed by atoms with Crippen molar-refractivity contribution in [2.75, 3.05) is 25.6 Å². The first-order valence-corrected chi connectivity index (χ1v) is 7.14. The predicted octanol–water partition coefficient (Wildman–Crippen LogP) is 2.64. The second kappa shape index (κ2) is 10.5.